The van der Waals surface area contributed by atoms with Gasteiger partial charge in [0.1, 0.15) is 0 Å². The third kappa shape index (κ3) is 3.16. The maximum absolute atomic E-state index is 12.6. The van der Waals surface area contributed by atoms with E-state index in [0.717, 1.165) is 31.9 Å². The van der Waals surface area contributed by atoms with E-state index in [0.29, 0.717) is 23.7 Å². The van der Waals surface area contributed by atoms with E-state index in [1.165, 1.54) is 12.1 Å². The van der Waals surface area contributed by atoms with Crippen molar-refractivity contribution in [3.05, 3.63) is 29.3 Å². The van der Waals surface area contributed by atoms with Crippen molar-refractivity contribution in [3.8, 4) is 0 Å². The van der Waals surface area contributed by atoms with Crippen molar-refractivity contribution in [2.75, 3.05) is 12.3 Å². The quantitative estimate of drug-likeness (QED) is 0.818. The lowest BCUT2D eigenvalue weighted by Gasteiger charge is -2.13. The van der Waals surface area contributed by atoms with Gasteiger partial charge in [-0.05, 0) is 56.0 Å². The third-order valence-corrected chi connectivity index (χ3v) is 3.39. The highest BCUT2D eigenvalue weighted by Gasteiger charge is 2.30. The zero-order valence-electron chi connectivity index (χ0n) is 10.1. The molecular weight excluding hydrogens is 241 g/mol. The smallest absolute Gasteiger partial charge is 0.399 e. The van der Waals surface area contributed by atoms with Crippen molar-refractivity contribution in [2.45, 2.75) is 37.9 Å². The first-order chi connectivity index (χ1) is 8.47. The molecule has 1 aromatic carbocycles. The summed E-state index contributed by atoms with van der Waals surface area (Å²) in [5, 5.41) is 3.33. The van der Waals surface area contributed by atoms with E-state index in [1.54, 1.807) is 0 Å². The van der Waals surface area contributed by atoms with E-state index in [4.69, 9.17) is 5.73 Å². The van der Waals surface area contributed by atoms with Crippen LogP contribution in [0.25, 0.3) is 0 Å². The van der Waals surface area contributed by atoms with Gasteiger partial charge in [0.15, 0.2) is 0 Å². The summed E-state index contributed by atoms with van der Waals surface area (Å²) in [6, 6.07) is 3.97. The first kappa shape index (κ1) is 13.2. The number of anilines is 1. The molecule has 1 fully saturated rings. The number of nitrogens with two attached hydrogens (primary N) is 1. The van der Waals surface area contributed by atoms with Crippen LogP contribution in [0, 0.1) is 0 Å². The fraction of sp³-hybridized carbons (Fsp3) is 0.538. The van der Waals surface area contributed by atoms with Gasteiger partial charge in [-0.1, -0.05) is 0 Å². The number of rotatable bonds is 3. The minimum Gasteiger partial charge on any atom is -0.399 e. The van der Waals surface area contributed by atoms with Crippen molar-refractivity contribution in [1.82, 2.24) is 5.32 Å². The highest BCUT2D eigenvalue weighted by atomic mass is 19.4. The first-order valence-electron chi connectivity index (χ1n) is 6.16. The fourth-order valence-electron chi connectivity index (χ4n) is 2.33. The molecule has 1 aliphatic rings. The van der Waals surface area contributed by atoms with Gasteiger partial charge in [-0.25, -0.2) is 0 Å². The third-order valence-electron chi connectivity index (χ3n) is 3.39. The van der Waals surface area contributed by atoms with E-state index in [2.05, 4.69) is 5.32 Å². The Labute approximate surface area is 104 Å². The summed E-state index contributed by atoms with van der Waals surface area (Å²) < 4.78 is 37.8. The second-order valence-electron chi connectivity index (χ2n) is 4.74. The summed E-state index contributed by atoms with van der Waals surface area (Å²) in [6.07, 6.45) is -0.630. The molecule has 3 N–H and O–H groups in total. The molecule has 2 nitrogen and oxygen atoms in total. The molecule has 100 valence electrons. The van der Waals surface area contributed by atoms with Crippen LogP contribution >= 0.6 is 0 Å². The lowest BCUT2D eigenvalue weighted by atomic mass is 10.0. The van der Waals surface area contributed by atoms with Gasteiger partial charge in [0.25, 0.3) is 0 Å². The summed E-state index contributed by atoms with van der Waals surface area (Å²) in [5.41, 5.74) is 6.15. The van der Waals surface area contributed by atoms with E-state index >= 15 is 0 Å². The average molecular weight is 258 g/mol. The van der Waals surface area contributed by atoms with Crippen LogP contribution in [0.15, 0.2) is 18.2 Å². The molecule has 0 saturated carbocycles. The molecule has 1 heterocycles. The van der Waals surface area contributed by atoms with E-state index in [9.17, 15) is 13.2 Å². The lowest BCUT2D eigenvalue weighted by Crippen LogP contribution is -2.22. The Kier molecular flexibility index (Phi) is 3.80. The molecule has 0 spiro atoms. The topological polar surface area (TPSA) is 38.0 Å². The highest BCUT2D eigenvalue weighted by molar-refractivity contribution is 5.49. The minimum absolute atomic E-state index is 0.416. The largest absolute Gasteiger partial charge is 0.416 e. The molecular formula is C13H17F3N2. The molecule has 5 heteroatoms. The Hall–Kier alpha value is -1.23. The highest BCUT2D eigenvalue weighted by Crippen LogP contribution is 2.31. The van der Waals surface area contributed by atoms with Gasteiger partial charge in [-0.2, -0.15) is 13.2 Å². The van der Waals surface area contributed by atoms with Crippen LogP contribution in [-0.2, 0) is 12.6 Å². The number of benzene rings is 1. The molecule has 1 aromatic rings. The van der Waals surface area contributed by atoms with Crippen molar-refractivity contribution in [2.24, 2.45) is 0 Å². The van der Waals surface area contributed by atoms with Gasteiger partial charge in [-0.15, -0.1) is 0 Å². The number of halogens is 3. The van der Waals surface area contributed by atoms with Gasteiger partial charge in [0.05, 0.1) is 5.56 Å². The van der Waals surface area contributed by atoms with Crippen LogP contribution in [0.3, 0.4) is 0 Å². The molecule has 0 aliphatic carbocycles. The van der Waals surface area contributed by atoms with Gasteiger partial charge in [0.2, 0.25) is 0 Å². The van der Waals surface area contributed by atoms with Crippen molar-refractivity contribution in [1.29, 1.82) is 0 Å². The van der Waals surface area contributed by atoms with Crippen LogP contribution in [0.2, 0.25) is 0 Å². The summed E-state index contributed by atoms with van der Waals surface area (Å²) >= 11 is 0. The molecule has 0 aromatic heterocycles. The minimum atomic E-state index is -4.30. The van der Waals surface area contributed by atoms with Crippen molar-refractivity contribution in [3.63, 3.8) is 0 Å². The Bertz CT molecular complexity index is 409. The van der Waals surface area contributed by atoms with Gasteiger partial charge in [0, 0.05) is 11.7 Å². The van der Waals surface area contributed by atoms with Gasteiger partial charge >= 0.3 is 6.18 Å². The number of nitrogens with one attached hydrogen (secondary N) is 1. The maximum atomic E-state index is 12.6. The molecule has 0 amide bonds. The van der Waals surface area contributed by atoms with E-state index in [-0.39, 0.29) is 0 Å². The second-order valence-corrected chi connectivity index (χ2v) is 4.74. The van der Waals surface area contributed by atoms with Crippen molar-refractivity contribution < 1.29 is 13.2 Å². The molecule has 18 heavy (non-hydrogen) atoms. The summed E-state index contributed by atoms with van der Waals surface area (Å²) in [4.78, 5) is 0. The number of hydrogen-bond acceptors (Lipinski definition) is 2. The summed E-state index contributed by atoms with van der Waals surface area (Å²) in [6.45, 7) is 1.00. The summed E-state index contributed by atoms with van der Waals surface area (Å²) in [7, 11) is 0. The molecule has 1 unspecified atom stereocenters. The normalized spacial score (nSPS) is 20.3. The van der Waals surface area contributed by atoms with Gasteiger partial charge in [-0.3, -0.25) is 0 Å². The monoisotopic (exact) mass is 258 g/mol. The SMILES string of the molecule is Nc1ccc(C(F)(F)F)cc1CCC1CCCN1. The molecule has 0 radical (unpaired) electrons. The Morgan fingerprint density at radius 3 is 2.72 bits per heavy atom. The van der Waals surface area contributed by atoms with Crippen LogP contribution in [0.5, 0.6) is 0 Å². The second kappa shape index (κ2) is 5.18. The predicted octanol–water partition coefficient (Wildman–Crippen LogP) is 2.97. The van der Waals surface area contributed by atoms with E-state index in [1.807, 2.05) is 0 Å². The predicted molar refractivity (Wildman–Crippen MR) is 65.2 cm³/mol. The van der Waals surface area contributed by atoms with Crippen molar-refractivity contribution >= 4 is 5.69 Å². The fourth-order valence-corrected chi connectivity index (χ4v) is 2.33. The first-order valence-corrected chi connectivity index (χ1v) is 6.16. The van der Waals surface area contributed by atoms with Crippen LogP contribution < -0.4 is 11.1 Å². The zero-order chi connectivity index (χ0) is 13.2. The molecule has 1 aliphatic heterocycles. The van der Waals surface area contributed by atoms with Crippen LogP contribution in [0.4, 0.5) is 18.9 Å². The maximum Gasteiger partial charge on any atom is 0.416 e. The van der Waals surface area contributed by atoms with Gasteiger partial charge < -0.3 is 11.1 Å². The number of aryl methyl sites for hydroxylation is 1. The average Bonchev–Trinajstić information content (AvgIpc) is 2.79. The molecule has 1 atom stereocenters. The van der Waals surface area contributed by atoms with Crippen LogP contribution in [0.1, 0.15) is 30.4 Å². The zero-order valence-corrected chi connectivity index (χ0v) is 10.1. The lowest BCUT2D eigenvalue weighted by molar-refractivity contribution is -0.137. The standard InChI is InChI=1S/C13H17F3N2/c14-13(15,16)10-4-6-12(17)9(8-10)3-5-11-2-1-7-18-11/h4,6,8,11,18H,1-3,5,7,17H2. The molecule has 2 rings (SSSR count). The Morgan fingerprint density at radius 1 is 1.33 bits per heavy atom. The Morgan fingerprint density at radius 2 is 2.11 bits per heavy atom. The number of nitrogen functional groups attached to an aromatic ring is 1. The van der Waals surface area contributed by atoms with E-state index < -0.39 is 11.7 Å². The van der Waals surface area contributed by atoms with Crippen LogP contribution in [-0.4, -0.2) is 12.6 Å². The molecule has 0 bridgehead atoms. The number of alkyl halides is 3. The molecule has 1 saturated heterocycles. The number of hydrogen-bond donors (Lipinski definition) is 2. The summed E-state index contributed by atoms with van der Waals surface area (Å²) in [5.74, 6) is 0. The Balaban J connectivity index is 2.06.